The summed E-state index contributed by atoms with van der Waals surface area (Å²) in [4.78, 5) is 24.1. The second-order valence-corrected chi connectivity index (χ2v) is 6.09. The van der Waals surface area contributed by atoms with Crippen LogP contribution in [0.1, 0.15) is 25.6 Å². The molecule has 3 rings (SSSR count). The fraction of sp³-hybridized carbons (Fsp3) is 0.118. The summed E-state index contributed by atoms with van der Waals surface area (Å²) >= 11 is 1.18. The van der Waals surface area contributed by atoms with Gasteiger partial charge in [0.1, 0.15) is 4.88 Å². The molecule has 2 heterocycles. The summed E-state index contributed by atoms with van der Waals surface area (Å²) in [6, 6.07) is 12.5. The average Bonchev–Trinajstić information content (AvgIpc) is 3.27. The fourth-order valence-corrected chi connectivity index (χ4v) is 2.96. The highest BCUT2D eigenvalue weighted by molar-refractivity contribution is 7.18. The second kappa shape index (κ2) is 7.10. The zero-order chi connectivity index (χ0) is 16.9. The molecule has 0 radical (unpaired) electrons. The van der Waals surface area contributed by atoms with Crippen LogP contribution in [0.15, 0.2) is 54.9 Å². The number of hydrogen-bond acceptors (Lipinski definition) is 5. The lowest BCUT2D eigenvalue weighted by molar-refractivity contribution is 0.0606. The van der Waals surface area contributed by atoms with E-state index in [0.717, 1.165) is 5.56 Å². The van der Waals surface area contributed by atoms with Crippen LogP contribution in [-0.2, 0) is 11.3 Å². The Hall–Kier alpha value is -2.93. The number of anilines is 1. The van der Waals surface area contributed by atoms with Crippen LogP contribution in [0, 0.1) is 0 Å². The van der Waals surface area contributed by atoms with Gasteiger partial charge in [-0.25, -0.2) is 4.79 Å². The molecular formula is C17H15N3O3S. The maximum atomic E-state index is 12.3. The van der Waals surface area contributed by atoms with Crippen molar-refractivity contribution in [1.29, 1.82) is 0 Å². The van der Waals surface area contributed by atoms with Crippen LogP contribution >= 0.6 is 11.3 Å². The Bertz CT molecular complexity index is 838. The van der Waals surface area contributed by atoms with E-state index in [1.165, 1.54) is 18.4 Å². The molecule has 0 spiro atoms. The molecule has 0 aliphatic carbocycles. The Morgan fingerprint density at radius 2 is 2.00 bits per heavy atom. The van der Waals surface area contributed by atoms with Crippen LogP contribution in [0.25, 0.3) is 0 Å². The van der Waals surface area contributed by atoms with E-state index in [2.05, 4.69) is 15.2 Å². The van der Waals surface area contributed by atoms with Gasteiger partial charge in [0, 0.05) is 18.0 Å². The highest BCUT2D eigenvalue weighted by Gasteiger charge is 2.12. The Kier molecular flexibility index (Phi) is 4.72. The van der Waals surface area contributed by atoms with Crippen molar-refractivity contribution >= 4 is 28.2 Å². The van der Waals surface area contributed by atoms with E-state index >= 15 is 0 Å². The molecule has 6 nitrogen and oxygen atoms in total. The summed E-state index contributed by atoms with van der Waals surface area (Å²) in [7, 11) is 1.32. The maximum Gasteiger partial charge on any atom is 0.348 e. The molecule has 7 heteroatoms. The molecule has 0 aliphatic heterocycles. The lowest BCUT2D eigenvalue weighted by atomic mass is 10.1. The number of aromatic nitrogens is 2. The average molecular weight is 341 g/mol. The summed E-state index contributed by atoms with van der Waals surface area (Å²) in [6.45, 7) is 0.655. The van der Waals surface area contributed by atoms with Gasteiger partial charge >= 0.3 is 5.97 Å². The van der Waals surface area contributed by atoms with Crippen molar-refractivity contribution in [3.63, 3.8) is 0 Å². The zero-order valence-electron chi connectivity index (χ0n) is 12.9. The highest BCUT2D eigenvalue weighted by atomic mass is 32.1. The molecule has 0 saturated carbocycles. The van der Waals surface area contributed by atoms with E-state index in [1.807, 2.05) is 29.1 Å². The highest BCUT2D eigenvalue weighted by Crippen LogP contribution is 2.23. The van der Waals surface area contributed by atoms with Gasteiger partial charge in [0.25, 0.3) is 5.91 Å². The monoisotopic (exact) mass is 341 g/mol. The van der Waals surface area contributed by atoms with Gasteiger partial charge in [0.15, 0.2) is 0 Å². The number of methoxy groups -OCH3 is 1. The van der Waals surface area contributed by atoms with E-state index in [9.17, 15) is 9.59 Å². The number of benzene rings is 1. The Morgan fingerprint density at radius 1 is 1.21 bits per heavy atom. The van der Waals surface area contributed by atoms with E-state index < -0.39 is 5.97 Å². The first-order chi connectivity index (χ1) is 11.7. The van der Waals surface area contributed by atoms with Gasteiger partial charge in [-0.2, -0.15) is 5.10 Å². The Balaban J connectivity index is 1.64. The van der Waals surface area contributed by atoms with Crippen LogP contribution in [0.3, 0.4) is 0 Å². The van der Waals surface area contributed by atoms with Gasteiger partial charge in [0.05, 0.1) is 18.7 Å². The molecule has 0 fully saturated rings. The minimum absolute atomic E-state index is 0.223. The third kappa shape index (κ3) is 3.69. The van der Waals surface area contributed by atoms with Crippen LogP contribution in [0.2, 0.25) is 0 Å². The molecule has 24 heavy (non-hydrogen) atoms. The fourth-order valence-electron chi connectivity index (χ4n) is 2.14. The predicted octanol–water partition coefficient (Wildman–Crippen LogP) is 3.03. The predicted molar refractivity (Wildman–Crippen MR) is 91.4 cm³/mol. The third-order valence-electron chi connectivity index (χ3n) is 3.35. The second-order valence-electron chi connectivity index (χ2n) is 5.01. The first-order valence-electron chi connectivity index (χ1n) is 7.21. The van der Waals surface area contributed by atoms with Gasteiger partial charge in [-0.05, 0) is 35.9 Å². The van der Waals surface area contributed by atoms with Gasteiger partial charge in [-0.1, -0.05) is 12.1 Å². The molecule has 2 aromatic heterocycles. The van der Waals surface area contributed by atoms with Crippen molar-refractivity contribution < 1.29 is 14.3 Å². The van der Waals surface area contributed by atoms with Crippen molar-refractivity contribution in [2.45, 2.75) is 6.54 Å². The topological polar surface area (TPSA) is 73.2 Å². The summed E-state index contributed by atoms with van der Waals surface area (Å²) in [5.41, 5.74) is 1.60. The molecule has 0 unspecified atom stereocenters. The lowest BCUT2D eigenvalue weighted by Crippen LogP contribution is -2.11. The number of amides is 1. The maximum absolute atomic E-state index is 12.3. The Labute approximate surface area is 142 Å². The number of esters is 1. The number of nitrogens with one attached hydrogen (secondary N) is 1. The van der Waals surface area contributed by atoms with E-state index in [-0.39, 0.29) is 5.91 Å². The number of carbonyl (C=O) groups excluding carboxylic acids is 2. The smallest absolute Gasteiger partial charge is 0.348 e. The van der Waals surface area contributed by atoms with E-state index in [1.54, 1.807) is 30.5 Å². The SMILES string of the molecule is COC(=O)c1ccc(NC(=O)c2ccc(Cn3cccn3)cc2)s1. The molecular weight excluding hydrogens is 326 g/mol. The van der Waals surface area contributed by atoms with Crippen molar-refractivity contribution in [3.8, 4) is 0 Å². The number of rotatable bonds is 5. The molecule has 1 amide bonds. The van der Waals surface area contributed by atoms with Crippen LogP contribution in [-0.4, -0.2) is 28.8 Å². The molecule has 3 aromatic rings. The quantitative estimate of drug-likeness (QED) is 0.724. The normalized spacial score (nSPS) is 10.4. The summed E-state index contributed by atoms with van der Waals surface area (Å²) in [6.07, 6.45) is 3.61. The van der Waals surface area contributed by atoms with Gasteiger partial charge in [-0.15, -0.1) is 11.3 Å². The van der Waals surface area contributed by atoms with Gasteiger partial charge in [0.2, 0.25) is 0 Å². The standard InChI is InChI=1S/C17H15N3O3S/c1-23-17(22)14-7-8-15(24-14)19-16(21)13-5-3-12(4-6-13)11-20-10-2-9-18-20/h2-10H,11H2,1H3,(H,19,21). The van der Waals surface area contributed by atoms with Crippen LogP contribution < -0.4 is 5.32 Å². The van der Waals surface area contributed by atoms with E-state index in [4.69, 9.17) is 0 Å². The minimum atomic E-state index is -0.413. The molecule has 1 aromatic carbocycles. The number of ether oxygens (including phenoxy) is 1. The Morgan fingerprint density at radius 3 is 2.67 bits per heavy atom. The van der Waals surface area contributed by atoms with Crippen molar-refractivity contribution in [1.82, 2.24) is 9.78 Å². The summed E-state index contributed by atoms with van der Waals surface area (Å²) in [5.74, 6) is -0.637. The largest absolute Gasteiger partial charge is 0.465 e. The number of hydrogen-bond donors (Lipinski definition) is 1. The lowest BCUT2D eigenvalue weighted by Gasteiger charge is -2.05. The van der Waals surface area contributed by atoms with Gasteiger partial charge in [-0.3, -0.25) is 9.48 Å². The van der Waals surface area contributed by atoms with E-state index in [0.29, 0.717) is 22.0 Å². The first kappa shape index (κ1) is 15.9. The molecule has 0 atom stereocenters. The van der Waals surface area contributed by atoms with Crippen molar-refractivity contribution in [2.75, 3.05) is 12.4 Å². The zero-order valence-corrected chi connectivity index (χ0v) is 13.7. The first-order valence-corrected chi connectivity index (χ1v) is 8.03. The minimum Gasteiger partial charge on any atom is -0.465 e. The van der Waals surface area contributed by atoms with Crippen LogP contribution in [0.5, 0.6) is 0 Å². The summed E-state index contributed by atoms with van der Waals surface area (Å²) in [5, 5.41) is 7.52. The van der Waals surface area contributed by atoms with Gasteiger partial charge < -0.3 is 10.1 Å². The number of thiophene rings is 1. The van der Waals surface area contributed by atoms with Crippen molar-refractivity contribution in [3.05, 3.63) is 70.9 Å². The van der Waals surface area contributed by atoms with Crippen molar-refractivity contribution in [2.24, 2.45) is 0 Å². The third-order valence-corrected chi connectivity index (χ3v) is 4.33. The summed E-state index contributed by atoms with van der Waals surface area (Å²) < 4.78 is 6.46. The molecule has 1 N–H and O–H groups in total. The molecule has 0 saturated heterocycles. The molecule has 0 aliphatic rings. The number of nitrogens with zero attached hydrogens (tertiary/aromatic N) is 2. The molecule has 122 valence electrons. The number of carbonyl (C=O) groups is 2. The van der Waals surface area contributed by atoms with Crippen LogP contribution in [0.4, 0.5) is 5.00 Å². The molecule has 0 bridgehead atoms.